The van der Waals surface area contributed by atoms with Gasteiger partial charge in [0.25, 0.3) is 0 Å². The molecule has 3 nitrogen and oxygen atoms in total. The van der Waals surface area contributed by atoms with Crippen LogP contribution in [0.5, 0.6) is 0 Å². The molecule has 672 valence electrons. The Balaban J connectivity index is 0.965. The maximum atomic E-state index is 7.75. The highest BCUT2D eigenvalue weighted by Crippen LogP contribution is 2.69. The average Bonchev–Trinajstić information content (AvgIpc) is 1.49. The molecule has 0 amide bonds. The first kappa shape index (κ1) is 91.9. The molecule has 0 spiro atoms. The summed E-state index contributed by atoms with van der Waals surface area (Å²) in [5.74, 6) is 0. The van der Waals surface area contributed by atoms with Gasteiger partial charge in [-0.1, -0.05) is 465 Å². The maximum Gasteiger partial charge on any atom is 0.144 e. The zero-order chi connectivity index (χ0) is 87.4. The SMILES string of the molecule is CCCCCCCCC1(CCCCCCCC)c2cc(N(c3ccc4c(c3)C(CCCCCCC)(CCCCCCC)c3c5c(c6oc7ccccc7c6c3-4)-c3ccccc3C5(CCCCCCC)CCCCCCC)c3ccccc3-c3ccccc3)ccc2-c2cc3c(cc21)-c1c(ccc2oc4ccccc4c12)C3(CCCCCCCC)CCCCCCCC. The molecule has 0 N–H and O–H groups in total. The molecule has 2 aromatic heterocycles. The summed E-state index contributed by atoms with van der Waals surface area (Å²) in [6, 6.07) is 76.6. The lowest BCUT2D eigenvalue weighted by Gasteiger charge is -2.40. The lowest BCUT2D eigenvalue weighted by molar-refractivity contribution is 0.369. The minimum atomic E-state index is -0.284. The van der Waals surface area contributed by atoms with E-state index in [2.05, 4.69) is 248 Å². The Kier molecular flexibility index (Phi) is 31.8. The van der Waals surface area contributed by atoms with E-state index in [-0.39, 0.29) is 21.7 Å². The molecule has 4 aliphatic carbocycles. The normalized spacial score (nSPS) is 14.5. The number of hydrogen-bond donors (Lipinski definition) is 0. The molecule has 0 saturated heterocycles. The summed E-state index contributed by atoms with van der Waals surface area (Å²) in [5, 5.41) is 5.23. The first-order valence-corrected chi connectivity index (χ1v) is 53.2. The van der Waals surface area contributed by atoms with Gasteiger partial charge in [0.2, 0.25) is 0 Å². The Morgan fingerprint density at radius 2 is 0.575 bits per heavy atom. The van der Waals surface area contributed by atoms with Crippen LogP contribution in [0, 0.1) is 0 Å². The number of furan rings is 2. The number of hydrogen-bond acceptors (Lipinski definition) is 3. The van der Waals surface area contributed by atoms with Gasteiger partial charge < -0.3 is 13.7 Å². The molecular weight excluding hydrogens is 1540 g/mol. The summed E-state index contributed by atoms with van der Waals surface area (Å²) in [6.07, 6.45) is 65.4. The molecule has 0 fully saturated rings. The van der Waals surface area contributed by atoms with Crippen LogP contribution in [0.4, 0.5) is 17.1 Å². The fourth-order valence-corrected chi connectivity index (χ4v) is 25.5. The Morgan fingerprint density at radius 3 is 1.08 bits per heavy atom. The van der Waals surface area contributed by atoms with Gasteiger partial charge in [0.05, 0.1) is 5.69 Å². The number of rotatable bonds is 56. The van der Waals surface area contributed by atoms with Crippen LogP contribution in [0.15, 0.2) is 197 Å². The zero-order valence-corrected chi connectivity index (χ0v) is 80.4. The van der Waals surface area contributed by atoms with E-state index in [1.807, 2.05) is 0 Å². The third kappa shape index (κ3) is 18.6. The monoisotopic (exact) mass is 1690 g/mol. The average molecular weight is 1700 g/mol. The lowest BCUT2D eigenvalue weighted by atomic mass is 9.62. The number of para-hydroxylation sites is 3. The van der Waals surface area contributed by atoms with Crippen molar-refractivity contribution in [2.75, 3.05) is 4.90 Å². The van der Waals surface area contributed by atoms with Crippen molar-refractivity contribution in [2.24, 2.45) is 0 Å². The Morgan fingerprint density at radius 1 is 0.220 bits per heavy atom. The molecule has 0 atom stereocenters. The van der Waals surface area contributed by atoms with E-state index in [0.29, 0.717) is 0 Å². The summed E-state index contributed by atoms with van der Waals surface area (Å²) in [7, 11) is 0. The first-order chi connectivity index (χ1) is 62.7. The molecule has 3 heteroatoms. The van der Waals surface area contributed by atoms with Crippen LogP contribution in [0.2, 0.25) is 0 Å². The van der Waals surface area contributed by atoms with Crippen molar-refractivity contribution in [3.8, 4) is 55.6 Å². The van der Waals surface area contributed by atoms with Crippen LogP contribution in [0.25, 0.3) is 99.5 Å². The van der Waals surface area contributed by atoms with Crippen LogP contribution < -0.4 is 4.90 Å². The van der Waals surface area contributed by atoms with Crippen molar-refractivity contribution < 1.29 is 8.83 Å². The van der Waals surface area contributed by atoms with Crippen LogP contribution in [-0.2, 0) is 21.7 Å². The molecule has 4 aliphatic rings. The van der Waals surface area contributed by atoms with Gasteiger partial charge in [-0.3, -0.25) is 0 Å². The number of fused-ring (bicyclic) bond motifs is 22. The molecule has 2 heterocycles. The van der Waals surface area contributed by atoms with E-state index < -0.39 is 0 Å². The molecule has 0 bridgehead atoms. The van der Waals surface area contributed by atoms with Gasteiger partial charge in [0.15, 0.2) is 0 Å². The van der Waals surface area contributed by atoms with Crippen LogP contribution in [0.1, 0.15) is 434 Å². The highest BCUT2D eigenvalue weighted by Gasteiger charge is 2.55. The lowest BCUT2D eigenvalue weighted by Crippen LogP contribution is -2.33. The summed E-state index contributed by atoms with van der Waals surface area (Å²) in [4.78, 5) is 2.82. The smallest absolute Gasteiger partial charge is 0.144 e. The Hall–Kier alpha value is -8.40. The van der Waals surface area contributed by atoms with E-state index >= 15 is 0 Å². The van der Waals surface area contributed by atoms with E-state index in [4.69, 9.17) is 8.83 Å². The molecular formula is C124H159NO2. The summed E-state index contributed by atoms with van der Waals surface area (Å²) in [5.41, 5.74) is 34.4. The minimum Gasteiger partial charge on any atom is -0.456 e. The van der Waals surface area contributed by atoms with Crippen LogP contribution in [-0.4, -0.2) is 0 Å². The molecule has 0 unspecified atom stereocenters. The predicted molar refractivity (Wildman–Crippen MR) is 551 cm³/mol. The largest absolute Gasteiger partial charge is 0.456 e. The number of unbranched alkanes of at least 4 members (excludes halogenated alkanes) is 36. The molecule has 10 aromatic carbocycles. The molecule has 127 heavy (non-hydrogen) atoms. The van der Waals surface area contributed by atoms with Gasteiger partial charge in [-0.25, -0.2) is 0 Å². The molecule has 12 aromatic rings. The predicted octanol–water partition coefficient (Wildman–Crippen LogP) is 40.1. The number of anilines is 3. The first-order valence-electron chi connectivity index (χ1n) is 53.2. The van der Waals surface area contributed by atoms with Gasteiger partial charge in [0.1, 0.15) is 22.3 Å². The fraction of sp³-hybridized carbons (Fsp3) is 0.516. The zero-order valence-electron chi connectivity index (χ0n) is 80.4. The van der Waals surface area contributed by atoms with Crippen molar-refractivity contribution in [3.05, 3.63) is 233 Å². The highest BCUT2D eigenvalue weighted by molar-refractivity contribution is 6.21. The van der Waals surface area contributed by atoms with E-state index in [1.165, 1.54) is 402 Å². The van der Waals surface area contributed by atoms with Gasteiger partial charge in [0, 0.05) is 65.7 Å². The Labute approximate surface area is 768 Å². The van der Waals surface area contributed by atoms with Crippen molar-refractivity contribution in [1.82, 2.24) is 0 Å². The van der Waals surface area contributed by atoms with Crippen molar-refractivity contribution >= 4 is 60.9 Å². The van der Waals surface area contributed by atoms with Crippen molar-refractivity contribution in [3.63, 3.8) is 0 Å². The third-order valence-corrected chi connectivity index (χ3v) is 32.0. The maximum absolute atomic E-state index is 7.75. The summed E-state index contributed by atoms with van der Waals surface area (Å²) in [6.45, 7) is 19.1. The second-order valence-electron chi connectivity index (χ2n) is 40.5. The van der Waals surface area contributed by atoms with E-state index in [0.717, 1.165) is 48.0 Å². The van der Waals surface area contributed by atoms with Gasteiger partial charge in [-0.05, 0) is 201 Å². The summed E-state index contributed by atoms with van der Waals surface area (Å²) >= 11 is 0. The standard InChI is InChI=1S/C124H159NO2/c1-9-17-25-33-41-56-80-121(81-57-42-34-26-18-10-2)104-78-79-112-114(99-68-50-54-72-110(99)126-112)113(104)102-91-107-101(90-108(102)121)96-76-74-93(88-105(96)122(107,82-58-43-35-27-19-11-3)83-59-44-36-28-20-12-4)125(109-71-53-49-66-95(109)92-64-46-45-47-65-92)94-75-77-98-106(89-94)124(86-62-39-31-23-15-7,87-63-40-32-24-16-8)118-115(98)116-100-69-51-55-73-111(100)127-120(116)117-97-67-48-52-70-103(97)123(119(117)118,84-60-37-29-21-13-5)85-61-38-30-22-14-6/h45-55,64-79,88-91H,9-44,56-63,80-87H2,1-8H3. The molecule has 0 radical (unpaired) electrons. The Bertz CT molecular complexity index is 5500. The van der Waals surface area contributed by atoms with Crippen LogP contribution >= 0.6 is 0 Å². The van der Waals surface area contributed by atoms with E-state index in [1.54, 1.807) is 44.5 Å². The fourth-order valence-electron chi connectivity index (χ4n) is 25.5. The van der Waals surface area contributed by atoms with Crippen molar-refractivity contribution in [1.29, 1.82) is 0 Å². The third-order valence-electron chi connectivity index (χ3n) is 32.0. The second kappa shape index (κ2) is 44.0. The molecule has 0 saturated carbocycles. The number of nitrogens with zero attached hydrogens (tertiary/aromatic N) is 1. The quantitative estimate of drug-likeness (QED) is 0.0356. The molecule has 16 rings (SSSR count). The highest BCUT2D eigenvalue weighted by atomic mass is 16.3. The van der Waals surface area contributed by atoms with Gasteiger partial charge >= 0.3 is 0 Å². The van der Waals surface area contributed by atoms with Gasteiger partial charge in [-0.15, -0.1) is 0 Å². The summed E-state index contributed by atoms with van der Waals surface area (Å²) < 4.78 is 14.8. The van der Waals surface area contributed by atoms with Crippen LogP contribution in [0.3, 0.4) is 0 Å². The number of benzene rings is 10. The topological polar surface area (TPSA) is 29.5 Å². The van der Waals surface area contributed by atoms with Gasteiger partial charge in [-0.2, -0.15) is 0 Å². The van der Waals surface area contributed by atoms with Crippen molar-refractivity contribution in [2.45, 2.75) is 411 Å². The van der Waals surface area contributed by atoms with E-state index in [9.17, 15) is 0 Å². The molecule has 0 aliphatic heterocycles. The second-order valence-corrected chi connectivity index (χ2v) is 40.5. The minimum absolute atomic E-state index is 0.123.